The summed E-state index contributed by atoms with van der Waals surface area (Å²) in [5.74, 6) is -0.150. The summed E-state index contributed by atoms with van der Waals surface area (Å²) < 4.78 is 0. The lowest BCUT2D eigenvalue weighted by Gasteiger charge is -2.35. The number of hydrogen-bond donors (Lipinski definition) is 1. The Kier molecular flexibility index (Phi) is 8.39. The van der Waals surface area contributed by atoms with Crippen LogP contribution in [0.2, 0.25) is 0 Å². The van der Waals surface area contributed by atoms with E-state index in [1.54, 1.807) is 4.90 Å². The Morgan fingerprint density at radius 1 is 1.21 bits per heavy atom. The molecule has 0 aliphatic heterocycles. The van der Waals surface area contributed by atoms with Crippen LogP contribution in [0.5, 0.6) is 0 Å². The second-order valence-corrected chi connectivity index (χ2v) is 8.02. The molecular weight excluding hydrogens is 322 g/mol. The minimum Gasteiger partial charge on any atom is -0.329 e. The highest BCUT2D eigenvalue weighted by Crippen LogP contribution is 2.18. The fraction of sp³-hybridized carbons (Fsp3) is 0.722. The Morgan fingerprint density at radius 3 is 2.42 bits per heavy atom. The SMILES string of the molecule is CCCCCCCC(=O)N(CC(=O)Nc1nc(C)cs1)C(C)(C)C. The quantitative estimate of drug-likeness (QED) is 0.670. The maximum absolute atomic E-state index is 12.5. The van der Waals surface area contributed by atoms with E-state index < -0.39 is 0 Å². The summed E-state index contributed by atoms with van der Waals surface area (Å²) in [6, 6.07) is 0. The zero-order valence-corrected chi connectivity index (χ0v) is 16.5. The lowest BCUT2D eigenvalue weighted by molar-refractivity contribution is -0.139. The lowest BCUT2D eigenvalue weighted by atomic mass is 10.0. The van der Waals surface area contributed by atoms with Crippen molar-refractivity contribution in [1.82, 2.24) is 9.88 Å². The van der Waals surface area contributed by atoms with Crippen molar-refractivity contribution in [2.24, 2.45) is 0 Å². The molecule has 1 aromatic rings. The van der Waals surface area contributed by atoms with Crippen molar-refractivity contribution in [2.45, 2.75) is 78.7 Å². The Balaban J connectivity index is 2.55. The predicted octanol–water partition coefficient (Wildman–Crippen LogP) is 4.38. The molecule has 0 saturated heterocycles. The summed E-state index contributed by atoms with van der Waals surface area (Å²) in [6.45, 7) is 10.0. The van der Waals surface area contributed by atoms with Crippen LogP contribution in [0.4, 0.5) is 5.13 Å². The molecule has 0 fully saturated rings. The highest BCUT2D eigenvalue weighted by atomic mass is 32.1. The number of aryl methyl sites for hydroxylation is 1. The molecule has 0 spiro atoms. The van der Waals surface area contributed by atoms with Crippen molar-refractivity contribution in [3.05, 3.63) is 11.1 Å². The van der Waals surface area contributed by atoms with Gasteiger partial charge in [-0.15, -0.1) is 11.3 Å². The van der Waals surface area contributed by atoms with Gasteiger partial charge in [-0.05, 0) is 34.1 Å². The van der Waals surface area contributed by atoms with Gasteiger partial charge in [-0.2, -0.15) is 0 Å². The van der Waals surface area contributed by atoms with Crippen LogP contribution < -0.4 is 5.32 Å². The standard InChI is InChI=1S/C18H31N3O2S/c1-6-7-8-9-10-11-16(23)21(18(3,4)5)12-15(22)20-17-19-14(2)13-24-17/h13H,6-12H2,1-5H3,(H,19,20,22). The largest absolute Gasteiger partial charge is 0.329 e. The molecular formula is C18H31N3O2S. The highest BCUT2D eigenvalue weighted by molar-refractivity contribution is 7.13. The second-order valence-electron chi connectivity index (χ2n) is 7.16. The monoisotopic (exact) mass is 353 g/mol. The number of carbonyl (C=O) groups is 2. The Labute approximate surface area is 149 Å². The summed E-state index contributed by atoms with van der Waals surface area (Å²) in [5, 5.41) is 5.25. The van der Waals surface area contributed by atoms with E-state index in [0.29, 0.717) is 11.6 Å². The Bertz CT molecular complexity index is 535. The van der Waals surface area contributed by atoms with Gasteiger partial charge in [0.25, 0.3) is 0 Å². The third-order valence-electron chi connectivity index (χ3n) is 3.77. The third kappa shape index (κ3) is 7.43. The third-order valence-corrected chi connectivity index (χ3v) is 4.65. The number of nitrogens with one attached hydrogen (secondary N) is 1. The summed E-state index contributed by atoms with van der Waals surface area (Å²) >= 11 is 1.40. The molecule has 6 heteroatoms. The molecule has 0 aromatic carbocycles. The zero-order chi connectivity index (χ0) is 18.2. The van der Waals surface area contributed by atoms with E-state index in [0.717, 1.165) is 18.5 Å². The molecule has 1 rings (SSSR count). The number of anilines is 1. The van der Waals surface area contributed by atoms with E-state index in [2.05, 4.69) is 17.2 Å². The van der Waals surface area contributed by atoms with Crippen LogP contribution in [0.1, 0.15) is 71.9 Å². The first kappa shape index (κ1) is 20.6. The molecule has 0 unspecified atom stereocenters. The predicted molar refractivity (Wildman–Crippen MR) is 100 cm³/mol. The number of aromatic nitrogens is 1. The molecule has 0 saturated carbocycles. The number of carbonyl (C=O) groups excluding carboxylic acids is 2. The molecule has 5 nitrogen and oxygen atoms in total. The normalized spacial score (nSPS) is 11.4. The van der Waals surface area contributed by atoms with Gasteiger partial charge in [0.2, 0.25) is 11.8 Å². The highest BCUT2D eigenvalue weighted by Gasteiger charge is 2.28. The summed E-state index contributed by atoms with van der Waals surface area (Å²) in [5.41, 5.74) is 0.502. The van der Waals surface area contributed by atoms with Crippen molar-refractivity contribution in [2.75, 3.05) is 11.9 Å². The van der Waals surface area contributed by atoms with Gasteiger partial charge >= 0.3 is 0 Å². The van der Waals surface area contributed by atoms with Gasteiger partial charge in [-0.25, -0.2) is 4.98 Å². The van der Waals surface area contributed by atoms with E-state index in [-0.39, 0.29) is 23.9 Å². The van der Waals surface area contributed by atoms with Gasteiger partial charge in [0.1, 0.15) is 6.54 Å². The van der Waals surface area contributed by atoms with Crippen LogP contribution in [-0.4, -0.2) is 33.8 Å². The molecule has 2 amide bonds. The average molecular weight is 354 g/mol. The first-order valence-electron chi connectivity index (χ1n) is 8.76. The fourth-order valence-electron chi connectivity index (χ4n) is 2.43. The van der Waals surface area contributed by atoms with Gasteiger partial charge in [-0.3, -0.25) is 9.59 Å². The summed E-state index contributed by atoms with van der Waals surface area (Å²) in [7, 11) is 0. The van der Waals surface area contributed by atoms with Crippen molar-refractivity contribution >= 4 is 28.3 Å². The second kappa shape index (κ2) is 9.77. The Hall–Kier alpha value is -1.43. The first-order chi connectivity index (χ1) is 11.2. The van der Waals surface area contributed by atoms with Crippen LogP contribution in [0, 0.1) is 6.92 Å². The Morgan fingerprint density at radius 2 is 1.88 bits per heavy atom. The molecule has 1 heterocycles. The summed E-state index contributed by atoms with van der Waals surface area (Å²) in [4.78, 5) is 30.7. The van der Waals surface area contributed by atoms with E-state index in [1.165, 1.54) is 30.6 Å². The summed E-state index contributed by atoms with van der Waals surface area (Å²) in [6.07, 6.45) is 6.04. The molecule has 136 valence electrons. The number of rotatable bonds is 9. The lowest BCUT2D eigenvalue weighted by Crippen LogP contribution is -2.49. The van der Waals surface area contributed by atoms with Gasteiger partial charge in [0.15, 0.2) is 5.13 Å². The minimum atomic E-state index is -0.378. The van der Waals surface area contributed by atoms with Gasteiger partial charge in [0, 0.05) is 17.3 Å². The zero-order valence-electron chi connectivity index (χ0n) is 15.6. The van der Waals surface area contributed by atoms with Crippen molar-refractivity contribution in [1.29, 1.82) is 0 Å². The molecule has 0 aliphatic carbocycles. The maximum atomic E-state index is 12.5. The van der Waals surface area contributed by atoms with Gasteiger partial charge < -0.3 is 10.2 Å². The van der Waals surface area contributed by atoms with Crippen LogP contribution in [0.3, 0.4) is 0 Å². The topological polar surface area (TPSA) is 62.3 Å². The van der Waals surface area contributed by atoms with Crippen LogP contribution in [-0.2, 0) is 9.59 Å². The molecule has 24 heavy (non-hydrogen) atoms. The van der Waals surface area contributed by atoms with Gasteiger partial charge in [0.05, 0.1) is 5.69 Å². The van der Waals surface area contributed by atoms with E-state index >= 15 is 0 Å². The molecule has 0 atom stereocenters. The number of amides is 2. The molecule has 1 N–H and O–H groups in total. The van der Waals surface area contributed by atoms with Crippen molar-refractivity contribution < 1.29 is 9.59 Å². The van der Waals surface area contributed by atoms with E-state index in [1.807, 2.05) is 33.1 Å². The minimum absolute atomic E-state index is 0.0458. The average Bonchev–Trinajstić information content (AvgIpc) is 2.88. The molecule has 0 bridgehead atoms. The number of nitrogens with zero attached hydrogens (tertiary/aromatic N) is 2. The maximum Gasteiger partial charge on any atom is 0.245 e. The smallest absolute Gasteiger partial charge is 0.245 e. The van der Waals surface area contributed by atoms with Crippen molar-refractivity contribution in [3.63, 3.8) is 0 Å². The van der Waals surface area contributed by atoms with E-state index in [9.17, 15) is 9.59 Å². The van der Waals surface area contributed by atoms with Crippen LogP contribution in [0.25, 0.3) is 0 Å². The van der Waals surface area contributed by atoms with Crippen LogP contribution >= 0.6 is 11.3 Å². The molecule has 0 radical (unpaired) electrons. The molecule has 1 aromatic heterocycles. The van der Waals surface area contributed by atoms with Crippen molar-refractivity contribution in [3.8, 4) is 0 Å². The fourth-order valence-corrected chi connectivity index (χ4v) is 3.13. The van der Waals surface area contributed by atoms with Crippen LogP contribution in [0.15, 0.2) is 5.38 Å². The number of hydrogen-bond acceptors (Lipinski definition) is 4. The first-order valence-corrected chi connectivity index (χ1v) is 9.64. The van der Waals surface area contributed by atoms with E-state index in [4.69, 9.17) is 0 Å². The number of unbranched alkanes of at least 4 members (excludes halogenated alkanes) is 4. The molecule has 0 aliphatic rings. The number of thiazole rings is 1. The van der Waals surface area contributed by atoms with Gasteiger partial charge in [-0.1, -0.05) is 32.6 Å².